The van der Waals surface area contributed by atoms with Gasteiger partial charge < -0.3 is 4.74 Å². The highest BCUT2D eigenvalue weighted by Gasteiger charge is 2.17. The van der Waals surface area contributed by atoms with Gasteiger partial charge in [0.1, 0.15) is 0 Å². The van der Waals surface area contributed by atoms with Crippen LogP contribution in [0.25, 0.3) is 0 Å². The normalized spacial score (nSPS) is 12.6. The van der Waals surface area contributed by atoms with Crippen molar-refractivity contribution >= 4 is 0 Å². The Kier molecular flexibility index (Phi) is 3.44. The Morgan fingerprint density at radius 1 is 1.36 bits per heavy atom. The third-order valence-corrected chi connectivity index (χ3v) is 2.43. The molecular weight excluding hydrogens is 186 g/mol. The molecule has 0 spiro atoms. The van der Waals surface area contributed by atoms with Gasteiger partial charge in [0.25, 0.3) is 0 Å². The molecule has 1 nitrogen and oxygen atoms in total. The first kappa shape index (κ1) is 11.0. The number of hydrogen-bond acceptors (Lipinski definition) is 1. The molecule has 1 rings (SSSR count). The van der Waals surface area contributed by atoms with E-state index in [-0.39, 0.29) is 11.7 Å². The van der Waals surface area contributed by atoms with Crippen molar-refractivity contribution in [2.45, 2.75) is 26.2 Å². The quantitative estimate of drug-likeness (QED) is 0.725. The van der Waals surface area contributed by atoms with Crippen LogP contribution in [0.3, 0.4) is 0 Å². The minimum Gasteiger partial charge on any atom is -0.493 e. The molecule has 1 atom stereocenters. The van der Waals surface area contributed by atoms with Crippen molar-refractivity contribution in [1.82, 2.24) is 0 Å². The summed E-state index contributed by atoms with van der Waals surface area (Å²) in [5, 5.41) is 0. The van der Waals surface area contributed by atoms with Gasteiger partial charge in [0, 0.05) is 5.56 Å². The zero-order chi connectivity index (χ0) is 10.7. The predicted molar refractivity (Wildman–Crippen MR) is 51.6 cm³/mol. The first-order chi connectivity index (χ1) is 6.61. The lowest BCUT2D eigenvalue weighted by atomic mass is 9.97. The maximum atomic E-state index is 13.3. The summed E-state index contributed by atoms with van der Waals surface area (Å²) >= 11 is 0. The molecule has 1 aromatic carbocycles. The maximum Gasteiger partial charge on any atom is 0.200 e. The molecule has 0 saturated heterocycles. The first-order valence-corrected chi connectivity index (χ1v) is 4.63. The van der Waals surface area contributed by atoms with Crippen LogP contribution in [-0.4, -0.2) is 7.11 Å². The van der Waals surface area contributed by atoms with Gasteiger partial charge in [0.15, 0.2) is 11.6 Å². The van der Waals surface area contributed by atoms with Gasteiger partial charge in [-0.25, -0.2) is 4.39 Å². The topological polar surface area (TPSA) is 9.23 Å². The molecule has 0 aliphatic carbocycles. The Balaban J connectivity index is 3.23. The van der Waals surface area contributed by atoms with Crippen LogP contribution in [0.2, 0.25) is 0 Å². The molecule has 0 N–H and O–H groups in total. The summed E-state index contributed by atoms with van der Waals surface area (Å²) in [6, 6.07) is 2.71. The van der Waals surface area contributed by atoms with Crippen LogP contribution >= 0.6 is 0 Å². The average Bonchev–Trinajstić information content (AvgIpc) is 2.20. The summed E-state index contributed by atoms with van der Waals surface area (Å²) in [7, 11) is 1.35. The molecule has 0 heterocycles. The van der Waals surface area contributed by atoms with E-state index in [4.69, 9.17) is 4.74 Å². The van der Waals surface area contributed by atoms with Crippen LogP contribution < -0.4 is 4.74 Å². The van der Waals surface area contributed by atoms with Gasteiger partial charge >= 0.3 is 0 Å². The van der Waals surface area contributed by atoms with Gasteiger partial charge in [-0.2, -0.15) is 4.39 Å². The van der Waals surface area contributed by atoms with Gasteiger partial charge in [-0.1, -0.05) is 19.9 Å². The van der Waals surface area contributed by atoms with Crippen molar-refractivity contribution in [3.05, 3.63) is 29.3 Å². The van der Waals surface area contributed by atoms with Crippen LogP contribution in [-0.2, 0) is 0 Å². The molecule has 0 radical (unpaired) electrons. The molecule has 0 amide bonds. The van der Waals surface area contributed by atoms with E-state index < -0.39 is 11.6 Å². The predicted octanol–water partition coefficient (Wildman–Crippen LogP) is 3.49. The van der Waals surface area contributed by atoms with Crippen molar-refractivity contribution in [1.29, 1.82) is 0 Å². The fourth-order valence-corrected chi connectivity index (χ4v) is 1.36. The molecule has 0 aliphatic rings. The molecule has 0 aliphatic heterocycles. The van der Waals surface area contributed by atoms with Gasteiger partial charge in [-0.15, -0.1) is 0 Å². The highest BCUT2D eigenvalue weighted by Crippen LogP contribution is 2.32. The van der Waals surface area contributed by atoms with Crippen molar-refractivity contribution < 1.29 is 13.5 Å². The van der Waals surface area contributed by atoms with Crippen LogP contribution in [0.15, 0.2) is 12.1 Å². The molecule has 0 fully saturated rings. The number of ether oxygens (including phenoxy) is 1. The fraction of sp³-hybridized carbons (Fsp3) is 0.455. The van der Waals surface area contributed by atoms with Gasteiger partial charge in [-0.3, -0.25) is 0 Å². The number of rotatable bonds is 3. The zero-order valence-corrected chi connectivity index (χ0v) is 8.60. The summed E-state index contributed by atoms with van der Waals surface area (Å²) in [6.45, 7) is 3.95. The molecule has 0 bridgehead atoms. The molecule has 78 valence electrons. The lowest BCUT2D eigenvalue weighted by Crippen LogP contribution is -2.01. The SMILES string of the molecule is CCC(C)c1ccc(F)c(F)c1OC. The molecule has 1 unspecified atom stereocenters. The van der Waals surface area contributed by atoms with Crippen molar-refractivity contribution in [3.8, 4) is 5.75 Å². The highest BCUT2D eigenvalue weighted by molar-refractivity contribution is 5.38. The van der Waals surface area contributed by atoms with Gasteiger partial charge in [0.05, 0.1) is 7.11 Å². The summed E-state index contributed by atoms with van der Waals surface area (Å²) in [5.74, 6) is -1.57. The molecule has 3 heteroatoms. The van der Waals surface area contributed by atoms with E-state index in [2.05, 4.69) is 0 Å². The molecule has 1 aromatic rings. The Bertz CT molecular complexity index is 323. The number of methoxy groups -OCH3 is 1. The smallest absolute Gasteiger partial charge is 0.200 e. The number of benzene rings is 1. The van der Waals surface area contributed by atoms with E-state index in [0.29, 0.717) is 5.56 Å². The highest BCUT2D eigenvalue weighted by atomic mass is 19.2. The second-order valence-corrected chi connectivity index (χ2v) is 3.29. The lowest BCUT2D eigenvalue weighted by molar-refractivity contribution is 0.364. The van der Waals surface area contributed by atoms with Crippen molar-refractivity contribution in [2.75, 3.05) is 7.11 Å². The van der Waals surface area contributed by atoms with E-state index in [1.165, 1.54) is 7.11 Å². The monoisotopic (exact) mass is 200 g/mol. The minimum atomic E-state index is -0.898. The third kappa shape index (κ3) is 1.86. The second kappa shape index (κ2) is 4.40. The van der Waals surface area contributed by atoms with Gasteiger partial charge in [0.2, 0.25) is 5.82 Å². The van der Waals surface area contributed by atoms with E-state index >= 15 is 0 Å². The average molecular weight is 200 g/mol. The standard InChI is InChI=1S/C11H14F2O/c1-4-7(2)8-5-6-9(12)10(13)11(8)14-3/h5-7H,4H2,1-3H3. The summed E-state index contributed by atoms with van der Waals surface area (Å²) in [6.07, 6.45) is 0.863. The van der Waals surface area contributed by atoms with Gasteiger partial charge in [-0.05, 0) is 18.4 Å². The minimum absolute atomic E-state index is 0.0272. The van der Waals surface area contributed by atoms with E-state index in [1.807, 2.05) is 13.8 Å². The molecule has 14 heavy (non-hydrogen) atoms. The third-order valence-electron chi connectivity index (χ3n) is 2.43. The first-order valence-electron chi connectivity index (χ1n) is 4.63. The van der Waals surface area contributed by atoms with Crippen LogP contribution in [0.4, 0.5) is 8.78 Å². The van der Waals surface area contributed by atoms with E-state index in [9.17, 15) is 8.78 Å². The maximum absolute atomic E-state index is 13.3. The zero-order valence-electron chi connectivity index (χ0n) is 8.60. The largest absolute Gasteiger partial charge is 0.493 e. The lowest BCUT2D eigenvalue weighted by Gasteiger charge is -2.14. The molecule has 0 saturated carbocycles. The Morgan fingerprint density at radius 3 is 2.50 bits per heavy atom. The molecular formula is C11H14F2O. The van der Waals surface area contributed by atoms with Crippen LogP contribution in [0.1, 0.15) is 31.7 Å². The van der Waals surface area contributed by atoms with Crippen LogP contribution in [0, 0.1) is 11.6 Å². The van der Waals surface area contributed by atoms with Crippen molar-refractivity contribution in [2.24, 2.45) is 0 Å². The Hall–Kier alpha value is -1.12. The molecule has 0 aromatic heterocycles. The Labute approximate surface area is 82.7 Å². The summed E-state index contributed by atoms with van der Waals surface area (Å²) in [5.41, 5.74) is 0.717. The van der Waals surface area contributed by atoms with Crippen molar-refractivity contribution in [3.63, 3.8) is 0 Å². The number of halogens is 2. The van der Waals surface area contributed by atoms with Crippen LogP contribution in [0.5, 0.6) is 5.75 Å². The van der Waals surface area contributed by atoms with E-state index in [0.717, 1.165) is 12.5 Å². The fourth-order valence-electron chi connectivity index (χ4n) is 1.36. The summed E-state index contributed by atoms with van der Waals surface area (Å²) in [4.78, 5) is 0. The second-order valence-electron chi connectivity index (χ2n) is 3.29. The van der Waals surface area contributed by atoms with E-state index in [1.54, 1.807) is 6.07 Å². The number of hydrogen-bond donors (Lipinski definition) is 0. The Morgan fingerprint density at radius 2 is 2.00 bits per heavy atom. The summed E-state index contributed by atoms with van der Waals surface area (Å²) < 4.78 is 31.0.